The summed E-state index contributed by atoms with van der Waals surface area (Å²) in [7, 11) is 0. The fourth-order valence-electron chi connectivity index (χ4n) is 4.09. The van der Waals surface area contributed by atoms with Gasteiger partial charge in [0.25, 0.3) is 0 Å². The number of aryl methyl sites for hydroxylation is 1. The number of nitrogens with zero attached hydrogens (tertiary/aromatic N) is 2. The highest BCUT2D eigenvalue weighted by molar-refractivity contribution is 5.93. The Bertz CT molecular complexity index is 677. The number of nitrogens with one attached hydrogen (secondary N) is 2. The monoisotopic (exact) mass is 386 g/mol. The Morgan fingerprint density at radius 3 is 2.54 bits per heavy atom. The van der Waals surface area contributed by atoms with Crippen molar-refractivity contribution >= 4 is 17.5 Å². The fraction of sp³-hybridized carbons (Fsp3) is 0.636. The van der Waals surface area contributed by atoms with E-state index in [-0.39, 0.29) is 11.8 Å². The molecule has 2 fully saturated rings. The summed E-state index contributed by atoms with van der Waals surface area (Å²) in [6, 6.07) is 5.96. The molecule has 0 unspecified atom stereocenters. The van der Waals surface area contributed by atoms with E-state index < -0.39 is 0 Å². The van der Waals surface area contributed by atoms with Crippen LogP contribution in [0.15, 0.2) is 18.2 Å². The molecule has 0 radical (unpaired) electrons. The van der Waals surface area contributed by atoms with Crippen molar-refractivity contribution in [2.75, 3.05) is 51.1 Å². The lowest BCUT2D eigenvalue weighted by molar-refractivity contribution is -0.133. The van der Waals surface area contributed by atoms with E-state index in [0.717, 1.165) is 56.9 Å². The van der Waals surface area contributed by atoms with Gasteiger partial charge >= 0.3 is 0 Å². The van der Waals surface area contributed by atoms with Gasteiger partial charge < -0.3 is 15.5 Å². The van der Waals surface area contributed by atoms with E-state index in [2.05, 4.69) is 15.5 Å². The summed E-state index contributed by atoms with van der Waals surface area (Å²) < 4.78 is 0. The molecule has 2 heterocycles. The number of hydrogen-bond donors (Lipinski definition) is 2. The third kappa shape index (κ3) is 5.79. The van der Waals surface area contributed by atoms with Crippen LogP contribution in [0.1, 0.15) is 36.8 Å². The van der Waals surface area contributed by atoms with Crippen LogP contribution < -0.4 is 10.6 Å². The molecular formula is C22H34N4O2. The van der Waals surface area contributed by atoms with Gasteiger partial charge in [-0.1, -0.05) is 12.1 Å². The number of carbonyl (C=O) groups excluding carboxylic acids is 2. The Hall–Kier alpha value is -1.92. The van der Waals surface area contributed by atoms with Crippen LogP contribution in [0.2, 0.25) is 0 Å². The second-order valence-corrected chi connectivity index (χ2v) is 8.18. The van der Waals surface area contributed by atoms with Gasteiger partial charge in [0.2, 0.25) is 11.8 Å². The first-order valence-corrected chi connectivity index (χ1v) is 10.6. The zero-order chi connectivity index (χ0) is 19.9. The Morgan fingerprint density at radius 1 is 1.11 bits per heavy atom. The molecule has 2 amide bonds. The van der Waals surface area contributed by atoms with Gasteiger partial charge in [-0.25, -0.2) is 0 Å². The first-order chi connectivity index (χ1) is 13.5. The molecule has 28 heavy (non-hydrogen) atoms. The van der Waals surface area contributed by atoms with Crippen molar-refractivity contribution < 1.29 is 9.59 Å². The second-order valence-electron chi connectivity index (χ2n) is 8.18. The molecule has 2 aliphatic heterocycles. The summed E-state index contributed by atoms with van der Waals surface area (Å²) in [5.41, 5.74) is 3.17. The number of rotatable bonds is 6. The summed E-state index contributed by atoms with van der Waals surface area (Å²) in [6.45, 7) is 9.60. The minimum Gasteiger partial charge on any atom is -0.340 e. The molecule has 0 aromatic heterocycles. The molecule has 6 heteroatoms. The number of piperazine rings is 1. The van der Waals surface area contributed by atoms with Gasteiger partial charge in [-0.3, -0.25) is 14.5 Å². The minimum absolute atomic E-state index is 0.0133. The third-order valence-electron chi connectivity index (χ3n) is 6.20. The molecule has 0 saturated carbocycles. The normalized spacial score (nSPS) is 18.9. The van der Waals surface area contributed by atoms with Crippen LogP contribution >= 0.6 is 0 Å². The number of hydrogen-bond acceptors (Lipinski definition) is 4. The molecule has 0 atom stereocenters. The molecule has 1 aromatic rings. The lowest BCUT2D eigenvalue weighted by atomic mass is 9.93. The number of piperidine rings is 1. The van der Waals surface area contributed by atoms with Crippen LogP contribution in [-0.4, -0.2) is 67.4 Å². The van der Waals surface area contributed by atoms with Crippen molar-refractivity contribution in [3.05, 3.63) is 29.3 Å². The van der Waals surface area contributed by atoms with Gasteiger partial charge in [0, 0.05) is 38.3 Å². The number of benzene rings is 1. The third-order valence-corrected chi connectivity index (χ3v) is 6.20. The standard InChI is InChI=1S/C22H34N4O2/c1-17-4-3-5-20(18(17)2)24-21(27)16-25-12-14-26(15-13-25)22(28)7-6-19-8-10-23-11-9-19/h3-5,19,23H,6-16H2,1-2H3,(H,24,27). The Labute approximate surface area is 168 Å². The van der Waals surface area contributed by atoms with Gasteiger partial charge in [0.15, 0.2) is 0 Å². The van der Waals surface area contributed by atoms with E-state index in [4.69, 9.17) is 0 Å². The molecular weight excluding hydrogens is 352 g/mol. The highest BCUT2D eigenvalue weighted by Crippen LogP contribution is 2.19. The number of anilines is 1. The first-order valence-electron chi connectivity index (χ1n) is 10.6. The van der Waals surface area contributed by atoms with Crippen LogP contribution in [0.4, 0.5) is 5.69 Å². The quantitative estimate of drug-likeness (QED) is 0.786. The fourth-order valence-corrected chi connectivity index (χ4v) is 4.09. The average molecular weight is 387 g/mol. The Morgan fingerprint density at radius 2 is 1.82 bits per heavy atom. The molecule has 3 rings (SSSR count). The molecule has 2 aliphatic rings. The van der Waals surface area contributed by atoms with Crippen LogP contribution in [0.5, 0.6) is 0 Å². The van der Waals surface area contributed by atoms with E-state index in [1.54, 1.807) is 0 Å². The maximum Gasteiger partial charge on any atom is 0.238 e. The largest absolute Gasteiger partial charge is 0.340 e. The van der Waals surface area contributed by atoms with Crippen molar-refractivity contribution in [3.63, 3.8) is 0 Å². The Kier molecular flexibility index (Phi) is 7.45. The zero-order valence-electron chi connectivity index (χ0n) is 17.3. The molecule has 0 bridgehead atoms. The average Bonchev–Trinajstić information content (AvgIpc) is 2.71. The highest BCUT2D eigenvalue weighted by atomic mass is 16.2. The number of carbonyl (C=O) groups is 2. The first kappa shape index (κ1) is 20.8. The predicted octanol–water partition coefficient (Wildman–Crippen LogP) is 2.17. The van der Waals surface area contributed by atoms with E-state index >= 15 is 0 Å². The lowest BCUT2D eigenvalue weighted by Crippen LogP contribution is -2.50. The summed E-state index contributed by atoms with van der Waals surface area (Å²) in [4.78, 5) is 29.0. The minimum atomic E-state index is 0.0133. The van der Waals surface area contributed by atoms with Gasteiger partial charge in [0.1, 0.15) is 0 Å². The van der Waals surface area contributed by atoms with E-state index in [9.17, 15) is 9.59 Å². The summed E-state index contributed by atoms with van der Waals surface area (Å²) in [5.74, 6) is 0.984. The zero-order valence-corrected chi connectivity index (χ0v) is 17.3. The molecule has 0 spiro atoms. The van der Waals surface area contributed by atoms with Crippen molar-refractivity contribution in [1.82, 2.24) is 15.1 Å². The van der Waals surface area contributed by atoms with Crippen LogP contribution in [-0.2, 0) is 9.59 Å². The molecule has 2 saturated heterocycles. The van der Waals surface area contributed by atoms with Crippen LogP contribution in [0, 0.1) is 19.8 Å². The highest BCUT2D eigenvalue weighted by Gasteiger charge is 2.23. The van der Waals surface area contributed by atoms with E-state index in [0.29, 0.717) is 18.9 Å². The summed E-state index contributed by atoms with van der Waals surface area (Å²) in [5, 5.41) is 6.40. The van der Waals surface area contributed by atoms with Gasteiger partial charge in [-0.15, -0.1) is 0 Å². The maximum atomic E-state index is 12.5. The smallest absolute Gasteiger partial charge is 0.238 e. The molecule has 154 valence electrons. The van der Waals surface area contributed by atoms with E-state index in [1.165, 1.54) is 18.4 Å². The lowest BCUT2D eigenvalue weighted by Gasteiger charge is -2.34. The van der Waals surface area contributed by atoms with Crippen molar-refractivity contribution in [3.8, 4) is 0 Å². The SMILES string of the molecule is Cc1cccc(NC(=O)CN2CCN(C(=O)CCC3CCNCC3)CC2)c1C. The molecule has 0 aliphatic carbocycles. The van der Waals surface area contributed by atoms with Gasteiger partial charge in [-0.05, 0) is 69.3 Å². The van der Waals surface area contributed by atoms with Gasteiger partial charge in [-0.2, -0.15) is 0 Å². The maximum absolute atomic E-state index is 12.5. The van der Waals surface area contributed by atoms with Gasteiger partial charge in [0.05, 0.1) is 6.54 Å². The van der Waals surface area contributed by atoms with Crippen LogP contribution in [0.25, 0.3) is 0 Å². The van der Waals surface area contributed by atoms with Crippen LogP contribution in [0.3, 0.4) is 0 Å². The van der Waals surface area contributed by atoms with E-state index in [1.807, 2.05) is 36.9 Å². The van der Waals surface area contributed by atoms with Crippen molar-refractivity contribution in [2.24, 2.45) is 5.92 Å². The molecule has 2 N–H and O–H groups in total. The predicted molar refractivity (Wildman–Crippen MR) is 112 cm³/mol. The van der Waals surface area contributed by atoms with Crippen molar-refractivity contribution in [2.45, 2.75) is 39.5 Å². The topological polar surface area (TPSA) is 64.7 Å². The molecule has 6 nitrogen and oxygen atoms in total. The summed E-state index contributed by atoms with van der Waals surface area (Å²) in [6.07, 6.45) is 4.06. The summed E-state index contributed by atoms with van der Waals surface area (Å²) >= 11 is 0. The molecule has 1 aromatic carbocycles. The number of amides is 2. The Balaban J connectivity index is 1.38. The second kappa shape index (κ2) is 10.0. The van der Waals surface area contributed by atoms with Crippen molar-refractivity contribution in [1.29, 1.82) is 0 Å².